The first-order chi connectivity index (χ1) is 6.02. The van der Waals surface area contributed by atoms with Gasteiger partial charge in [-0.25, -0.2) is 0 Å². The Balaban J connectivity index is 3.57. The Morgan fingerprint density at radius 2 is 2.15 bits per heavy atom. The highest BCUT2D eigenvalue weighted by molar-refractivity contribution is 5.77. The van der Waals surface area contributed by atoms with Gasteiger partial charge >= 0.3 is 0 Å². The molecule has 78 valence electrons. The lowest BCUT2D eigenvalue weighted by Crippen LogP contribution is -2.41. The quantitative estimate of drug-likeness (QED) is 0.632. The molecule has 13 heavy (non-hydrogen) atoms. The second-order valence-corrected chi connectivity index (χ2v) is 3.26. The molecule has 4 heteroatoms. The van der Waals surface area contributed by atoms with Gasteiger partial charge in [-0.3, -0.25) is 4.79 Å². The summed E-state index contributed by atoms with van der Waals surface area (Å²) >= 11 is 0. The summed E-state index contributed by atoms with van der Waals surface area (Å²) < 4.78 is 4.90. The molecule has 0 aliphatic heterocycles. The molecule has 0 saturated carbocycles. The summed E-state index contributed by atoms with van der Waals surface area (Å²) in [6, 6.07) is 0. The van der Waals surface area contributed by atoms with Crippen LogP contribution in [0.3, 0.4) is 0 Å². The maximum absolute atomic E-state index is 11.0. The Morgan fingerprint density at radius 1 is 1.54 bits per heavy atom. The largest absolute Gasteiger partial charge is 0.388 e. The van der Waals surface area contributed by atoms with Crippen LogP contribution in [-0.4, -0.2) is 36.4 Å². The molecule has 0 bridgehead atoms. The number of hydrogen-bond donors (Lipinski definition) is 2. The summed E-state index contributed by atoms with van der Waals surface area (Å²) in [6.45, 7) is 6.25. The third kappa shape index (κ3) is 6.54. The van der Waals surface area contributed by atoms with E-state index < -0.39 is 5.60 Å². The molecule has 0 spiro atoms. The molecule has 1 unspecified atom stereocenters. The van der Waals surface area contributed by atoms with Gasteiger partial charge in [0, 0.05) is 13.2 Å². The summed E-state index contributed by atoms with van der Waals surface area (Å²) in [5.74, 6) is -0.185. The van der Waals surface area contributed by atoms with Gasteiger partial charge in [-0.05, 0) is 20.3 Å². The van der Waals surface area contributed by atoms with Gasteiger partial charge in [-0.1, -0.05) is 6.92 Å². The van der Waals surface area contributed by atoms with Gasteiger partial charge in [0.15, 0.2) is 0 Å². The highest BCUT2D eigenvalue weighted by Crippen LogP contribution is 2.05. The van der Waals surface area contributed by atoms with Crippen molar-refractivity contribution >= 4 is 5.91 Å². The Labute approximate surface area is 79.3 Å². The van der Waals surface area contributed by atoms with E-state index in [0.717, 1.165) is 0 Å². The minimum absolute atomic E-state index is 0.0658. The number of carbonyl (C=O) groups is 1. The Morgan fingerprint density at radius 3 is 2.62 bits per heavy atom. The van der Waals surface area contributed by atoms with Crippen LogP contribution >= 0.6 is 0 Å². The van der Waals surface area contributed by atoms with E-state index in [4.69, 9.17) is 4.74 Å². The van der Waals surface area contributed by atoms with E-state index in [-0.39, 0.29) is 19.1 Å². The molecule has 0 fully saturated rings. The van der Waals surface area contributed by atoms with Crippen molar-refractivity contribution in [3.63, 3.8) is 0 Å². The van der Waals surface area contributed by atoms with Crippen LogP contribution in [0.1, 0.15) is 27.2 Å². The number of rotatable bonds is 6. The van der Waals surface area contributed by atoms with Gasteiger partial charge in [-0.15, -0.1) is 0 Å². The van der Waals surface area contributed by atoms with E-state index in [2.05, 4.69) is 5.32 Å². The van der Waals surface area contributed by atoms with E-state index in [1.54, 1.807) is 6.92 Å². The van der Waals surface area contributed by atoms with Crippen LogP contribution in [0.4, 0.5) is 0 Å². The standard InChI is InChI=1S/C9H19NO3/c1-4-9(3,12)7-10-8(11)6-13-5-2/h12H,4-7H2,1-3H3,(H,10,11). The number of carbonyl (C=O) groups excluding carboxylic acids is 1. The molecular weight excluding hydrogens is 170 g/mol. The molecule has 0 heterocycles. The van der Waals surface area contributed by atoms with Crippen molar-refractivity contribution in [2.24, 2.45) is 0 Å². The van der Waals surface area contributed by atoms with Crippen molar-refractivity contribution < 1.29 is 14.6 Å². The fourth-order valence-electron chi connectivity index (χ4n) is 0.660. The summed E-state index contributed by atoms with van der Waals surface area (Å²) in [4.78, 5) is 11.0. The zero-order valence-electron chi connectivity index (χ0n) is 8.59. The Kier molecular flexibility index (Phi) is 5.66. The second kappa shape index (κ2) is 5.94. The molecule has 1 amide bonds. The Hall–Kier alpha value is -0.610. The first-order valence-corrected chi connectivity index (χ1v) is 4.58. The maximum Gasteiger partial charge on any atom is 0.246 e. The average Bonchev–Trinajstić information content (AvgIpc) is 2.11. The number of nitrogens with one attached hydrogen (secondary N) is 1. The Bertz CT molecular complexity index is 157. The van der Waals surface area contributed by atoms with Gasteiger partial charge in [0.05, 0.1) is 5.60 Å². The van der Waals surface area contributed by atoms with Crippen LogP contribution in [0.5, 0.6) is 0 Å². The van der Waals surface area contributed by atoms with Gasteiger partial charge in [-0.2, -0.15) is 0 Å². The van der Waals surface area contributed by atoms with Crippen molar-refractivity contribution in [3.05, 3.63) is 0 Å². The molecule has 0 aromatic heterocycles. The van der Waals surface area contributed by atoms with Crippen LogP contribution in [0.2, 0.25) is 0 Å². The minimum Gasteiger partial charge on any atom is -0.388 e. The van der Waals surface area contributed by atoms with Crippen molar-refractivity contribution in [1.82, 2.24) is 5.32 Å². The van der Waals surface area contributed by atoms with Crippen LogP contribution in [0.15, 0.2) is 0 Å². The van der Waals surface area contributed by atoms with Gasteiger partial charge < -0.3 is 15.2 Å². The van der Waals surface area contributed by atoms with Crippen molar-refractivity contribution in [2.45, 2.75) is 32.8 Å². The maximum atomic E-state index is 11.0. The first-order valence-electron chi connectivity index (χ1n) is 4.58. The molecule has 0 saturated heterocycles. The normalized spacial score (nSPS) is 15.1. The molecule has 0 aliphatic carbocycles. The van der Waals surface area contributed by atoms with Crippen LogP contribution < -0.4 is 5.32 Å². The molecule has 4 nitrogen and oxygen atoms in total. The van der Waals surface area contributed by atoms with E-state index in [9.17, 15) is 9.90 Å². The molecule has 0 aliphatic rings. The molecule has 1 atom stereocenters. The van der Waals surface area contributed by atoms with Crippen molar-refractivity contribution in [3.8, 4) is 0 Å². The van der Waals surface area contributed by atoms with Crippen LogP contribution in [-0.2, 0) is 9.53 Å². The summed E-state index contributed by atoms with van der Waals surface area (Å²) in [6.07, 6.45) is 0.613. The third-order valence-corrected chi connectivity index (χ3v) is 1.87. The van der Waals surface area contributed by atoms with E-state index in [1.165, 1.54) is 0 Å². The fourth-order valence-corrected chi connectivity index (χ4v) is 0.660. The van der Waals surface area contributed by atoms with Gasteiger partial charge in [0.1, 0.15) is 6.61 Å². The SMILES string of the molecule is CCOCC(=O)NCC(C)(O)CC. The van der Waals surface area contributed by atoms with E-state index >= 15 is 0 Å². The number of ether oxygens (including phenoxy) is 1. The lowest BCUT2D eigenvalue weighted by molar-refractivity contribution is -0.126. The second-order valence-electron chi connectivity index (χ2n) is 3.26. The van der Waals surface area contributed by atoms with Crippen LogP contribution in [0, 0.1) is 0 Å². The average molecular weight is 189 g/mol. The van der Waals surface area contributed by atoms with Crippen LogP contribution in [0.25, 0.3) is 0 Å². The minimum atomic E-state index is -0.818. The van der Waals surface area contributed by atoms with Crippen molar-refractivity contribution in [1.29, 1.82) is 0 Å². The molecule has 0 rings (SSSR count). The number of amides is 1. The van der Waals surface area contributed by atoms with E-state index in [0.29, 0.717) is 13.0 Å². The lowest BCUT2D eigenvalue weighted by atomic mass is 10.0. The molecule has 0 aromatic rings. The highest BCUT2D eigenvalue weighted by atomic mass is 16.5. The summed E-state index contributed by atoms with van der Waals surface area (Å²) in [7, 11) is 0. The zero-order chi connectivity index (χ0) is 10.3. The lowest BCUT2D eigenvalue weighted by Gasteiger charge is -2.21. The monoisotopic (exact) mass is 189 g/mol. The van der Waals surface area contributed by atoms with Gasteiger partial charge in [0.25, 0.3) is 0 Å². The molecule has 0 aromatic carbocycles. The summed E-state index contributed by atoms with van der Waals surface area (Å²) in [5, 5.41) is 12.1. The predicted molar refractivity (Wildman–Crippen MR) is 50.4 cm³/mol. The third-order valence-electron chi connectivity index (χ3n) is 1.87. The number of hydrogen-bond acceptors (Lipinski definition) is 3. The molecular formula is C9H19NO3. The zero-order valence-corrected chi connectivity index (χ0v) is 8.59. The number of aliphatic hydroxyl groups is 1. The topological polar surface area (TPSA) is 58.6 Å². The fraction of sp³-hybridized carbons (Fsp3) is 0.889. The molecule has 0 radical (unpaired) electrons. The predicted octanol–water partition coefficient (Wildman–Crippen LogP) is 0.300. The van der Waals surface area contributed by atoms with E-state index in [1.807, 2.05) is 13.8 Å². The van der Waals surface area contributed by atoms with Crippen molar-refractivity contribution in [2.75, 3.05) is 19.8 Å². The smallest absolute Gasteiger partial charge is 0.246 e. The first kappa shape index (κ1) is 12.4. The molecule has 2 N–H and O–H groups in total. The highest BCUT2D eigenvalue weighted by Gasteiger charge is 2.17. The summed E-state index contributed by atoms with van der Waals surface area (Å²) in [5.41, 5.74) is -0.818. The van der Waals surface area contributed by atoms with Gasteiger partial charge in [0.2, 0.25) is 5.91 Å².